The van der Waals surface area contributed by atoms with E-state index in [4.69, 9.17) is 4.74 Å². The predicted molar refractivity (Wildman–Crippen MR) is 119 cm³/mol. The number of amides is 2. The molecule has 154 valence electrons. The molecule has 0 spiro atoms. The van der Waals surface area contributed by atoms with Gasteiger partial charge in [0.05, 0.1) is 18.9 Å². The third kappa shape index (κ3) is 4.93. The molecule has 1 aromatic heterocycles. The predicted octanol–water partition coefficient (Wildman–Crippen LogP) is 4.19. The largest absolute Gasteiger partial charge is 0.378 e. The molecule has 3 aromatic rings. The number of aromatic nitrogens is 2. The second-order valence-electron chi connectivity index (χ2n) is 7.09. The van der Waals surface area contributed by atoms with Gasteiger partial charge >= 0.3 is 6.03 Å². The second kappa shape index (κ2) is 9.37. The Morgan fingerprint density at radius 1 is 0.967 bits per heavy atom. The number of benzene rings is 2. The molecule has 30 heavy (non-hydrogen) atoms. The van der Waals surface area contributed by atoms with Crippen LogP contribution in [0.3, 0.4) is 0 Å². The fourth-order valence-electron chi connectivity index (χ4n) is 3.31. The number of hydrogen-bond donors (Lipinski definition) is 2. The molecule has 0 radical (unpaired) electrons. The fourth-order valence-corrected chi connectivity index (χ4v) is 3.31. The minimum Gasteiger partial charge on any atom is -0.378 e. The Bertz CT molecular complexity index is 983. The van der Waals surface area contributed by atoms with Crippen molar-refractivity contribution in [3.8, 4) is 11.3 Å². The lowest BCUT2D eigenvalue weighted by molar-refractivity contribution is 0.122. The molecule has 1 aliphatic rings. The van der Waals surface area contributed by atoms with Gasteiger partial charge in [0.1, 0.15) is 0 Å². The van der Waals surface area contributed by atoms with Crippen LogP contribution in [0, 0.1) is 0 Å². The summed E-state index contributed by atoms with van der Waals surface area (Å²) >= 11 is 0. The number of morpholine rings is 1. The van der Waals surface area contributed by atoms with Crippen LogP contribution in [0.15, 0.2) is 60.7 Å². The molecule has 0 saturated carbocycles. The summed E-state index contributed by atoms with van der Waals surface area (Å²) in [6, 6.07) is 19.0. The van der Waals surface area contributed by atoms with Gasteiger partial charge in [0.15, 0.2) is 5.82 Å². The monoisotopic (exact) mass is 403 g/mol. The molecule has 1 aliphatic heterocycles. The van der Waals surface area contributed by atoms with Gasteiger partial charge in [-0.3, -0.25) is 0 Å². The maximum absolute atomic E-state index is 12.3. The Labute approximate surface area is 176 Å². The van der Waals surface area contributed by atoms with Crippen molar-refractivity contribution in [3.05, 3.63) is 66.2 Å². The Morgan fingerprint density at radius 3 is 2.43 bits per heavy atom. The first-order valence-electron chi connectivity index (χ1n) is 10.1. The summed E-state index contributed by atoms with van der Waals surface area (Å²) in [4.78, 5) is 14.5. The molecular formula is C23H25N5O2. The van der Waals surface area contributed by atoms with Crippen LogP contribution >= 0.6 is 0 Å². The Hall–Kier alpha value is -3.45. The number of aryl methyl sites for hydroxylation is 1. The zero-order valence-electron chi connectivity index (χ0n) is 17.0. The van der Waals surface area contributed by atoms with Crippen LogP contribution in [0.4, 0.5) is 22.0 Å². The van der Waals surface area contributed by atoms with Gasteiger partial charge in [-0.25, -0.2) is 4.79 Å². The molecule has 4 rings (SSSR count). The molecule has 7 heteroatoms. The summed E-state index contributed by atoms with van der Waals surface area (Å²) in [7, 11) is 0. The highest BCUT2D eigenvalue weighted by atomic mass is 16.5. The van der Waals surface area contributed by atoms with Crippen LogP contribution in [-0.4, -0.2) is 42.5 Å². The summed E-state index contributed by atoms with van der Waals surface area (Å²) in [5.74, 6) is 0.852. The van der Waals surface area contributed by atoms with Crippen molar-refractivity contribution in [1.82, 2.24) is 10.2 Å². The van der Waals surface area contributed by atoms with Gasteiger partial charge in [-0.05, 0) is 48.4 Å². The van der Waals surface area contributed by atoms with Crippen molar-refractivity contribution >= 4 is 23.2 Å². The maximum Gasteiger partial charge on any atom is 0.323 e. The van der Waals surface area contributed by atoms with Gasteiger partial charge in [0.25, 0.3) is 0 Å². The van der Waals surface area contributed by atoms with Gasteiger partial charge in [-0.15, -0.1) is 10.2 Å². The average Bonchev–Trinajstić information content (AvgIpc) is 2.80. The maximum atomic E-state index is 12.3. The minimum atomic E-state index is -0.287. The van der Waals surface area contributed by atoms with E-state index in [9.17, 15) is 4.79 Å². The Kier molecular flexibility index (Phi) is 6.20. The minimum absolute atomic E-state index is 0.287. The summed E-state index contributed by atoms with van der Waals surface area (Å²) in [5.41, 5.74) is 4.32. The van der Waals surface area contributed by atoms with Crippen LogP contribution < -0.4 is 15.5 Å². The molecule has 1 fully saturated rings. The van der Waals surface area contributed by atoms with Crippen molar-refractivity contribution in [1.29, 1.82) is 0 Å². The molecular weight excluding hydrogens is 378 g/mol. The van der Waals surface area contributed by atoms with E-state index in [1.807, 2.05) is 60.7 Å². The number of nitrogens with one attached hydrogen (secondary N) is 2. The van der Waals surface area contributed by atoms with Gasteiger partial charge in [-0.1, -0.05) is 31.2 Å². The van der Waals surface area contributed by atoms with Crippen LogP contribution in [0.2, 0.25) is 0 Å². The first kappa shape index (κ1) is 19.8. The highest BCUT2D eigenvalue weighted by Crippen LogP contribution is 2.22. The lowest BCUT2D eigenvalue weighted by atomic mass is 10.1. The summed E-state index contributed by atoms with van der Waals surface area (Å²) in [6.07, 6.45) is 0.968. The van der Waals surface area contributed by atoms with Crippen molar-refractivity contribution in [2.45, 2.75) is 13.3 Å². The zero-order valence-corrected chi connectivity index (χ0v) is 17.0. The number of carbonyl (C=O) groups excluding carboxylic acids is 1. The number of anilines is 3. The third-order valence-corrected chi connectivity index (χ3v) is 5.02. The van der Waals surface area contributed by atoms with Crippen LogP contribution in [-0.2, 0) is 11.2 Å². The SMILES string of the molecule is CCc1ccc(NC(=O)Nc2cccc(-c3ccc(N4CCOCC4)nn3)c2)cc1. The van der Waals surface area contributed by atoms with Crippen molar-refractivity contribution in [2.24, 2.45) is 0 Å². The van der Waals surface area contributed by atoms with E-state index in [1.165, 1.54) is 5.56 Å². The second-order valence-corrected chi connectivity index (χ2v) is 7.09. The quantitative estimate of drug-likeness (QED) is 0.668. The van der Waals surface area contributed by atoms with E-state index in [2.05, 4.69) is 32.7 Å². The normalized spacial score (nSPS) is 13.7. The molecule has 0 atom stereocenters. The van der Waals surface area contributed by atoms with E-state index in [0.717, 1.165) is 42.3 Å². The van der Waals surface area contributed by atoms with E-state index in [1.54, 1.807) is 0 Å². The van der Waals surface area contributed by atoms with Gasteiger partial charge in [0.2, 0.25) is 0 Å². The Morgan fingerprint density at radius 2 is 1.73 bits per heavy atom. The van der Waals surface area contributed by atoms with E-state index < -0.39 is 0 Å². The van der Waals surface area contributed by atoms with Crippen LogP contribution in [0.1, 0.15) is 12.5 Å². The highest BCUT2D eigenvalue weighted by Gasteiger charge is 2.13. The molecule has 0 unspecified atom stereocenters. The summed E-state index contributed by atoms with van der Waals surface area (Å²) in [6.45, 7) is 5.17. The summed E-state index contributed by atoms with van der Waals surface area (Å²) in [5, 5.41) is 14.5. The standard InChI is InChI=1S/C23H25N5O2/c1-2-17-6-8-19(9-7-17)24-23(29)25-20-5-3-4-18(16-20)21-10-11-22(27-26-21)28-12-14-30-15-13-28/h3-11,16H,2,12-15H2,1H3,(H2,24,25,29). The number of carbonyl (C=O) groups is 1. The van der Waals surface area contributed by atoms with E-state index in [-0.39, 0.29) is 6.03 Å². The van der Waals surface area contributed by atoms with Gasteiger partial charge in [0, 0.05) is 30.0 Å². The van der Waals surface area contributed by atoms with E-state index in [0.29, 0.717) is 18.9 Å². The molecule has 2 aromatic carbocycles. The number of nitrogens with zero attached hydrogens (tertiary/aromatic N) is 3. The molecule has 0 bridgehead atoms. The first-order valence-corrected chi connectivity index (χ1v) is 10.1. The highest BCUT2D eigenvalue weighted by molar-refractivity contribution is 6.00. The van der Waals surface area contributed by atoms with Crippen LogP contribution in [0.25, 0.3) is 11.3 Å². The zero-order chi connectivity index (χ0) is 20.8. The number of urea groups is 1. The van der Waals surface area contributed by atoms with E-state index >= 15 is 0 Å². The lowest BCUT2D eigenvalue weighted by Crippen LogP contribution is -2.36. The fraction of sp³-hybridized carbons (Fsp3) is 0.261. The average molecular weight is 403 g/mol. The number of ether oxygens (including phenoxy) is 1. The number of hydrogen-bond acceptors (Lipinski definition) is 5. The molecule has 0 aliphatic carbocycles. The smallest absolute Gasteiger partial charge is 0.323 e. The van der Waals surface area contributed by atoms with Gasteiger partial charge in [-0.2, -0.15) is 0 Å². The van der Waals surface area contributed by atoms with Gasteiger partial charge < -0.3 is 20.3 Å². The summed E-state index contributed by atoms with van der Waals surface area (Å²) < 4.78 is 5.38. The van der Waals surface area contributed by atoms with Crippen molar-refractivity contribution in [3.63, 3.8) is 0 Å². The number of rotatable bonds is 5. The molecule has 2 heterocycles. The molecule has 1 saturated heterocycles. The van der Waals surface area contributed by atoms with Crippen LogP contribution in [0.5, 0.6) is 0 Å². The van der Waals surface area contributed by atoms with Crippen molar-refractivity contribution < 1.29 is 9.53 Å². The lowest BCUT2D eigenvalue weighted by Gasteiger charge is -2.27. The topological polar surface area (TPSA) is 79.4 Å². The first-order chi connectivity index (χ1) is 14.7. The van der Waals surface area contributed by atoms with Crippen molar-refractivity contribution in [2.75, 3.05) is 41.8 Å². The Balaban J connectivity index is 1.41. The molecule has 2 amide bonds. The molecule has 7 nitrogen and oxygen atoms in total. The third-order valence-electron chi connectivity index (χ3n) is 5.02. The molecule has 2 N–H and O–H groups in total.